The summed E-state index contributed by atoms with van der Waals surface area (Å²) in [5, 5.41) is 2.80. The van der Waals surface area contributed by atoms with Gasteiger partial charge in [0.05, 0.1) is 48.4 Å². The van der Waals surface area contributed by atoms with Crippen molar-refractivity contribution in [3.63, 3.8) is 0 Å². The van der Waals surface area contributed by atoms with E-state index in [1.807, 2.05) is 34.0 Å². The van der Waals surface area contributed by atoms with Crippen molar-refractivity contribution >= 4 is 118 Å². The Morgan fingerprint density at radius 2 is 1.16 bits per heavy atom. The number of nitrogens with zero attached hydrogens (tertiary/aromatic N) is 2. The monoisotopic (exact) mass is 592 g/mol. The minimum atomic E-state index is 0.594. The van der Waals surface area contributed by atoms with Crippen molar-refractivity contribution in [1.29, 1.82) is 0 Å². The van der Waals surface area contributed by atoms with E-state index >= 15 is 0 Å². The molecule has 2 nitrogen and oxygen atoms in total. The van der Waals surface area contributed by atoms with Gasteiger partial charge in [-0.15, -0.1) is 34.0 Å². The van der Waals surface area contributed by atoms with Gasteiger partial charge in [0.1, 0.15) is 0 Å². The molecule has 0 aliphatic carbocycles. The molecule has 0 saturated carbocycles. The summed E-state index contributed by atoms with van der Waals surface area (Å²) < 4.78 is 13.3. The molecule has 7 heteroatoms. The van der Waals surface area contributed by atoms with E-state index in [0.717, 1.165) is 13.1 Å². The molecule has 5 aromatic heterocycles. The minimum Gasteiger partial charge on any atom is -0.338 e. The van der Waals surface area contributed by atoms with Crippen molar-refractivity contribution in [2.45, 2.75) is 40.8 Å². The van der Waals surface area contributed by atoms with Crippen LogP contribution in [0.2, 0.25) is 0 Å². The van der Waals surface area contributed by atoms with Gasteiger partial charge >= 0.3 is 0 Å². The normalized spacial score (nSPS) is 13.0. The number of halogens is 2. The van der Waals surface area contributed by atoms with Crippen LogP contribution < -0.4 is 0 Å². The fourth-order valence-electron chi connectivity index (χ4n) is 4.82. The molecule has 0 amide bonds. The van der Waals surface area contributed by atoms with Crippen LogP contribution in [0.15, 0.2) is 31.8 Å². The van der Waals surface area contributed by atoms with Crippen molar-refractivity contribution in [3.05, 3.63) is 31.8 Å². The third-order valence-electron chi connectivity index (χ3n) is 5.84. The van der Waals surface area contributed by atoms with Gasteiger partial charge in [0.2, 0.25) is 0 Å². The van der Waals surface area contributed by atoms with Crippen LogP contribution in [0.1, 0.15) is 27.7 Å². The first-order valence-electron chi connectivity index (χ1n) is 10.6. The van der Waals surface area contributed by atoms with Crippen molar-refractivity contribution in [2.24, 2.45) is 11.8 Å². The molecule has 6 aromatic rings. The number of aromatic nitrogens is 2. The van der Waals surface area contributed by atoms with E-state index in [1.54, 1.807) is 0 Å². The Hall–Kier alpha value is -0.860. The van der Waals surface area contributed by atoms with Gasteiger partial charge in [0, 0.05) is 23.9 Å². The molecule has 1 aromatic carbocycles. The first kappa shape index (κ1) is 20.7. The number of benzene rings is 1. The van der Waals surface area contributed by atoms with E-state index in [9.17, 15) is 0 Å². The lowest BCUT2D eigenvalue weighted by Gasteiger charge is -2.11. The van der Waals surface area contributed by atoms with E-state index in [4.69, 9.17) is 0 Å². The van der Waals surface area contributed by atoms with Crippen LogP contribution >= 0.6 is 65.9 Å². The molecule has 0 aliphatic rings. The van der Waals surface area contributed by atoms with Gasteiger partial charge in [-0.3, -0.25) is 0 Å². The minimum absolute atomic E-state index is 0.594. The maximum absolute atomic E-state index is 3.74. The number of thiophene rings is 3. The van der Waals surface area contributed by atoms with Crippen molar-refractivity contribution in [3.8, 4) is 0 Å². The Kier molecular flexibility index (Phi) is 4.89. The van der Waals surface area contributed by atoms with Gasteiger partial charge in [-0.05, 0) is 55.8 Å². The van der Waals surface area contributed by atoms with Crippen molar-refractivity contribution in [2.75, 3.05) is 0 Å². The Bertz CT molecular complexity index is 1620. The molecule has 0 fully saturated rings. The van der Waals surface area contributed by atoms with E-state index in [1.165, 1.54) is 59.2 Å². The molecular formula is C24H22Br2N2S3. The molecule has 6 rings (SSSR count). The summed E-state index contributed by atoms with van der Waals surface area (Å²) in [6.07, 6.45) is 0. The van der Waals surface area contributed by atoms with Crippen LogP contribution in [-0.4, -0.2) is 9.13 Å². The highest BCUT2D eigenvalue weighted by atomic mass is 79.9. The number of fused-ring (bicyclic) bond motifs is 9. The van der Waals surface area contributed by atoms with Gasteiger partial charge < -0.3 is 9.13 Å². The molecule has 0 aliphatic heterocycles. The van der Waals surface area contributed by atoms with Crippen molar-refractivity contribution in [1.82, 2.24) is 9.13 Å². The molecule has 0 radical (unpaired) electrons. The SMILES string of the molecule is CC(C)Cn1c2cc(Br)sc2c2ccc3c(sc4c5sc(Br)cc5n(CC(C)C)c34)c21. The summed E-state index contributed by atoms with van der Waals surface area (Å²) in [6.45, 7) is 11.3. The summed E-state index contributed by atoms with van der Waals surface area (Å²) in [7, 11) is 0. The van der Waals surface area contributed by atoms with Crippen LogP contribution in [0.5, 0.6) is 0 Å². The lowest BCUT2D eigenvalue weighted by Crippen LogP contribution is -2.04. The summed E-state index contributed by atoms with van der Waals surface area (Å²) in [5.41, 5.74) is 5.57. The highest BCUT2D eigenvalue weighted by molar-refractivity contribution is 9.11. The van der Waals surface area contributed by atoms with Crippen LogP contribution in [0.4, 0.5) is 0 Å². The topological polar surface area (TPSA) is 9.86 Å². The smallest absolute Gasteiger partial charge is 0.0726 e. The zero-order chi connectivity index (χ0) is 21.6. The van der Waals surface area contributed by atoms with E-state index < -0.39 is 0 Å². The van der Waals surface area contributed by atoms with Crippen LogP contribution in [0.3, 0.4) is 0 Å². The van der Waals surface area contributed by atoms with Gasteiger partial charge in [0.25, 0.3) is 0 Å². The highest BCUT2D eigenvalue weighted by Crippen LogP contribution is 2.49. The second-order valence-corrected chi connectivity index (χ2v) is 15.0. The first-order valence-corrected chi connectivity index (χ1v) is 14.6. The zero-order valence-corrected chi connectivity index (χ0v) is 23.4. The lowest BCUT2D eigenvalue weighted by atomic mass is 10.1. The van der Waals surface area contributed by atoms with E-state index in [0.29, 0.717) is 11.8 Å². The Labute approximate surface area is 209 Å². The zero-order valence-electron chi connectivity index (χ0n) is 17.8. The van der Waals surface area contributed by atoms with Gasteiger partial charge in [-0.2, -0.15) is 0 Å². The number of hydrogen-bond donors (Lipinski definition) is 0. The van der Waals surface area contributed by atoms with E-state index in [-0.39, 0.29) is 0 Å². The Morgan fingerprint density at radius 3 is 1.74 bits per heavy atom. The molecule has 0 unspecified atom stereocenters. The maximum Gasteiger partial charge on any atom is 0.0726 e. The summed E-state index contributed by atoms with van der Waals surface area (Å²) in [5.74, 6) is 1.19. The molecule has 0 bridgehead atoms. The highest BCUT2D eigenvalue weighted by Gasteiger charge is 2.23. The quantitative estimate of drug-likeness (QED) is 0.192. The summed E-state index contributed by atoms with van der Waals surface area (Å²) >= 11 is 13.2. The standard InChI is InChI=1S/C24H22Br2N2S3/c1-11(2)9-27-15-7-17(25)29-21(15)13-5-6-14-20-24(31-22(14)19(13)27)23-16(8-18(26)30-23)28(20)10-12(3)4/h5-8,11-12H,9-10H2,1-4H3. The van der Waals surface area contributed by atoms with Gasteiger partial charge in [-0.25, -0.2) is 0 Å². The first-order chi connectivity index (χ1) is 14.8. The largest absolute Gasteiger partial charge is 0.338 e. The third kappa shape index (κ3) is 3.03. The predicted octanol–water partition coefficient (Wildman–Crippen LogP) is 10.1. The Morgan fingerprint density at radius 1 is 0.677 bits per heavy atom. The van der Waals surface area contributed by atoms with Gasteiger partial charge in [-0.1, -0.05) is 39.8 Å². The third-order valence-corrected chi connectivity index (χ3v) is 10.5. The molecule has 0 spiro atoms. The molecule has 31 heavy (non-hydrogen) atoms. The molecule has 0 atom stereocenters. The van der Waals surface area contributed by atoms with Crippen LogP contribution in [0, 0.1) is 11.8 Å². The summed E-state index contributed by atoms with van der Waals surface area (Å²) in [6, 6.07) is 9.34. The second-order valence-electron chi connectivity index (χ2n) is 9.16. The fraction of sp³-hybridized carbons (Fsp3) is 0.333. The maximum atomic E-state index is 3.74. The predicted molar refractivity (Wildman–Crippen MR) is 149 cm³/mol. The van der Waals surface area contributed by atoms with Crippen LogP contribution in [0.25, 0.3) is 51.6 Å². The molecule has 0 N–H and O–H groups in total. The van der Waals surface area contributed by atoms with Crippen molar-refractivity contribution < 1.29 is 0 Å². The molecule has 5 heterocycles. The second kappa shape index (κ2) is 7.32. The van der Waals surface area contributed by atoms with Crippen LogP contribution in [-0.2, 0) is 13.1 Å². The number of rotatable bonds is 4. The average Bonchev–Trinajstić information content (AvgIpc) is 3.44. The lowest BCUT2D eigenvalue weighted by molar-refractivity contribution is 0.546. The number of hydrogen-bond acceptors (Lipinski definition) is 3. The van der Waals surface area contributed by atoms with E-state index in [2.05, 4.69) is 93.0 Å². The molecule has 160 valence electrons. The molecule has 0 saturated heterocycles. The summed E-state index contributed by atoms with van der Waals surface area (Å²) in [4.78, 5) is 0. The average molecular weight is 594 g/mol. The Balaban J connectivity index is 1.79. The van der Waals surface area contributed by atoms with Gasteiger partial charge in [0.15, 0.2) is 0 Å². The fourth-order valence-corrected chi connectivity index (χ4v) is 9.53. The molecular weight excluding hydrogens is 572 g/mol.